The average molecular weight is 522 g/mol. The van der Waals surface area contributed by atoms with Gasteiger partial charge in [0.2, 0.25) is 20.2 Å². The summed E-state index contributed by atoms with van der Waals surface area (Å²) >= 11 is 0.785. The van der Waals surface area contributed by atoms with Gasteiger partial charge in [-0.05, 0) is 30.7 Å². The van der Waals surface area contributed by atoms with Crippen molar-refractivity contribution in [2.45, 2.75) is 20.4 Å². The first-order valence-corrected chi connectivity index (χ1v) is 13.7. The van der Waals surface area contributed by atoms with Crippen molar-refractivity contribution >= 4 is 60.8 Å². The van der Waals surface area contributed by atoms with E-state index in [9.17, 15) is 13.2 Å². The second-order valence-electron chi connectivity index (χ2n) is 8.22. The SMILES string of the molecule is CCS(=O)(=O)C1=NSC2=NC(=O)/C(=C\c3cn(CCOc4ccccc4C)c4ccccc34)C(=N)N21. The third-order valence-corrected chi connectivity index (χ3v) is 8.36. The normalized spacial score (nSPS) is 16.9. The molecule has 0 atom stereocenters. The molecule has 9 nitrogen and oxygen atoms in total. The van der Waals surface area contributed by atoms with Crippen LogP contribution in [-0.4, -0.2) is 52.3 Å². The number of para-hydroxylation sites is 2. The molecule has 3 aromatic rings. The summed E-state index contributed by atoms with van der Waals surface area (Å²) in [5.74, 6) is -0.211. The van der Waals surface area contributed by atoms with Gasteiger partial charge in [-0.3, -0.25) is 10.2 Å². The lowest BCUT2D eigenvalue weighted by atomic mass is 10.1. The second kappa shape index (κ2) is 9.40. The zero-order chi connectivity index (χ0) is 25.4. The molecule has 0 saturated carbocycles. The molecule has 2 aliphatic rings. The molecule has 1 aromatic heterocycles. The summed E-state index contributed by atoms with van der Waals surface area (Å²) < 4.78 is 37.0. The maximum atomic E-state index is 12.8. The summed E-state index contributed by atoms with van der Waals surface area (Å²) in [5, 5.41) is 9.34. The molecular formula is C25H23N5O4S2. The number of aromatic nitrogens is 1. The van der Waals surface area contributed by atoms with Gasteiger partial charge in [0.05, 0.1) is 29.8 Å². The number of benzene rings is 2. The Labute approximate surface area is 212 Å². The quantitative estimate of drug-likeness (QED) is 0.387. The number of nitrogens with one attached hydrogen (secondary N) is 1. The summed E-state index contributed by atoms with van der Waals surface area (Å²) in [5.41, 5.74) is 2.73. The lowest BCUT2D eigenvalue weighted by Crippen LogP contribution is -2.45. The van der Waals surface area contributed by atoms with Crippen molar-refractivity contribution in [3.8, 4) is 5.75 Å². The molecule has 1 amide bonds. The minimum absolute atomic E-state index is 0.000633. The summed E-state index contributed by atoms with van der Waals surface area (Å²) in [6.45, 7) is 4.52. The van der Waals surface area contributed by atoms with Gasteiger partial charge in [-0.15, -0.1) is 0 Å². The number of sulfone groups is 1. The molecule has 184 valence electrons. The maximum Gasteiger partial charge on any atom is 0.283 e. The highest BCUT2D eigenvalue weighted by molar-refractivity contribution is 8.16. The Balaban J connectivity index is 1.47. The predicted molar refractivity (Wildman–Crippen MR) is 143 cm³/mol. The highest BCUT2D eigenvalue weighted by atomic mass is 32.2. The van der Waals surface area contributed by atoms with Gasteiger partial charge in [0.25, 0.3) is 5.91 Å². The van der Waals surface area contributed by atoms with E-state index in [1.54, 1.807) is 6.08 Å². The number of ether oxygens (including phenoxy) is 1. The molecular weight excluding hydrogens is 498 g/mol. The summed E-state index contributed by atoms with van der Waals surface area (Å²) in [7, 11) is -3.70. The Morgan fingerprint density at radius 2 is 1.89 bits per heavy atom. The number of fused-ring (bicyclic) bond motifs is 2. The molecule has 11 heteroatoms. The third-order valence-electron chi connectivity index (χ3n) is 5.96. The molecule has 0 unspecified atom stereocenters. The zero-order valence-electron chi connectivity index (χ0n) is 19.6. The van der Waals surface area contributed by atoms with Gasteiger partial charge in [-0.2, -0.15) is 9.39 Å². The van der Waals surface area contributed by atoms with E-state index in [2.05, 4.69) is 9.39 Å². The van der Waals surface area contributed by atoms with E-state index in [0.29, 0.717) is 13.2 Å². The molecule has 0 bridgehead atoms. The summed E-state index contributed by atoms with van der Waals surface area (Å²) in [6, 6.07) is 15.6. The number of carbonyl (C=O) groups is 1. The number of nitrogens with zero attached hydrogens (tertiary/aromatic N) is 4. The number of carbonyl (C=O) groups excluding carboxylic acids is 1. The number of aliphatic imine (C=N–C) groups is 1. The molecule has 2 aromatic carbocycles. The fourth-order valence-electron chi connectivity index (χ4n) is 4.03. The number of amides is 1. The van der Waals surface area contributed by atoms with Crippen LogP contribution in [0.3, 0.4) is 0 Å². The van der Waals surface area contributed by atoms with Crippen molar-refractivity contribution in [2.24, 2.45) is 9.39 Å². The van der Waals surface area contributed by atoms with Gasteiger partial charge >= 0.3 is 0 Å². The van der Waals surface area contributed by atoms with Gasteiger partial charge in [0, 0.05) is 22.7 Å². The summed E-state index contributed by atoms with van der Waals surface area (Å²) in [4.78, 5) is 17.9. The number of hydrogen-bond acceptors (Lipinski definition) is 7. The van der Waals surface area contributed by atoms with Crippen LogP contribution in [0.4, 0.5) is 0 Å². The van der Waals surface area contributed by atoms with Crippen molar-refractivity contribution in [3.05, 3.63) is 71.4 Å². The standard InChI is InChI=1S/C25H23N5O4S2/c1-3-36(32,33)25-28-35-24-27-23(31)19(22(26)30(24)25)14-17-15-29(20-10-6-5-9-18(17)20)12-13-34-21-11-7-4-8-16(21)2/h4-11,14-15,26H,3,12-13H2,1-2H3/b19-14-,26-22?. The van der Waals surface area contributed by atoms with Crippen molar-refractivity contribution in [3.63, 3.8) is 0 Å². The number of rotatable bonds is 6. The average Bonchev–Trinajstić information content (AvgIpc) is 3.45. The topological polar surface area (TPSA) is 117 Å². The fraction of sp³-hybridized carbons (Fsp3) is 0.200. The van der Waals surface area contributed by atoms with Crippen LogP contribution in [-0.2, 0) is 21.2 Å². The third kappa shape index (κ3) is 4.24. The van der Waals surface area contributed by atoms with Gasteiger partial charge in [-0.1, -0.05) is 43.3 Å². The van der Waals surface area contributed by atoms with E-state index in [1.807, 2.05) is 66.2 Å². The van der Waals surface area contributed by atoms with Crippen molar-refractivity contribution in [1.82, 2.24) is 9.47 Å². The number of aryl methyl sites for hydroxylation is 1. The minimum atomic E-state index is -3.70. The predicted octanol–water partition coefficient (Wildman–Crippen LogP) is 4.04. The number of hydrogen-bond donors (Lipinski definition) is 1. The van der Waals surface area contributed by atoms with Crippen LogP contribution < -0.4 is 4.74 Å². The van der Waals surface area contributed by atoms with E-state index in [4.69, 9.17) is 10.1 Å². The van der Waals surface area contributed by atoms with E-state index in [1.165, 1.54) is 6.92 Å². The first kappa shape index (κ1) is 24.0. The molecule has 2 aliphatic heterocycles. The second-order valence-corrected chi connectivity index (χ2v) is 11.1. The maximum absolute atomic E-state index is 12.8. The van der Waals surface area contributed by atoms with Crippen molar-refractivity contribution in [2.75, 3.05) is 12.4 Å². The highest BCUT2D eigenvalue weighted by Gasteiger charge is 2.42. The lowest BCUT2D eigenvalue weighted by Gasteiger charge is -2.24. The van der Waals surface area contributed by atoms with Gasteiger partial charge in [0.15, 0.2) is 0 Å². The van der Waals surface area contributed by atoms with Crippen molar-refractivity contribution < 1.29 is 17.9 Å². The summed E-state index contributed by atoms with van der Waals surface area (Å²) in [6.07, 6.45) is 3.49. The van der Waals surface area contributed by atoms with Gasteiger partial charge < -0.3 is 9.30 Å². The Morgan fingerprint density at radius 3 is 2.67 bits per heavy atom. The Kier molecular flexibility index (Phi) is 6.27. The highest BCUT2D eigenvalue weighted by Crippen LogP contribution is 2.31. The first-order chi connectivity index (χ1) is 17.3. The molecule has 0 aliphatic carbocycles. The van der Waals surface area contributed by atoms with Crippen LogP contribution in [0, 0.1) is 12.3 Å². The zero-order valence-corrected chi connectivity index (χ0v) is 21.3. The van der Waals surface area contributed by atoms with Gasteiger partial charge in [-0.25, -0.2) is 13.3 Å². The Morgan fingerprint density at radius 1 is 1.14 bits per heavy atom. The van der Waals surface area contributed by atoms with E-state index < -0.39 is 15.7 Å². The monoisotopic (exact) mass is 521 g/mol. The van der Waals surface area contributed by atoms with E-state index in [0.717, 1.165) is 44.6 Å². The Hall–Kier alpha value is -3.70. The molecule has 0 spiro atoms. The van der Waals surface area contributed by atoms with Gasteiger partial charge in [0.1, 0.15) is 18.2 Å². The van der Waals surface area contributed by atoms with Crippen molar-refractivity contribution in [1.29, 1.82) is 5.41 Å². The molecule has 0 radical (unpaired) electrons. The van der Waals surface area contributed by atoms with Crippen LogP contribution in [0.1, 0.15) is 18.1 Å². The first-order valence-electron chi connectivity index (χ1n) is 11.3. The van der Waals surface area contributed by atoms with E-state index in [-0.39, 0.29) is 27.5 Å². The molecule has 5 rings (SSSR count). The molecule has 0 saturated heterocycles. The molecule has 36 heavy (non-hydrogen) atoms. The smallest absolute Gasteiger partial charge is 0.283 e. The number of amidine groups is 3. The lowest BCUT2D eigenvalue weighted by molar-refractivity contribution is -0.114. The molecule has 0 fully saturated rings. The van der Waals surface area contributed by atoms with Crippen LogP contribution >= 0.6 is 11.9 Å². The van der Waals surface area contributed by atoms with Crippen LogP contribution in [0.15, 0.2) is 69.7 Å². The minimum Gasteiger partial charge on any atom is -0.491 e. The molecule has 1 N–H and O–H groups in total. The largest absolute Gasteiger partial charge is 0.491 e. The molecule has 3 heterocycles. The Bertz CT molecular complexity index is 1600. The van der Waals surface area contributed by atoms with Crippen LogP contribution in [0.5, 0.6) is 5.75 Å². The van der Waals surface area contributed by atoms with Crippen LogP contribution in [0.2, 0.25) is 0 Å². The van der Waals surface area contributed by atoms with E-state index >= 15 is 0 Å². The fourth-order valence-corrected chi connectivity index (χ4v) is 5.99. The van der Waals surface area contributed by atoms with Crippen LogP contribution in [0.25, 0.3) is 17.0 Å².